The number of rotatable bonds is 8. The van der Waals surface area contributed by atoms with Gasteiger partial charge in [-0.2, -0.15) is 11.3 Å². The van der Waals surface area contributed by atoms with E-state index in [9.17, 15) is 0 Å². The quantitative estimate of drug-likeness (QED) is 0.787. The van der Waals surface area contributed by atoms with Crippen molar-refractivity contribution < 1.29 is 0 Å². The van der Waals surface area contributed by atoms with Crippen molar-refractivity contribution >= 4 is 22.7 Å². The van der Waals surface area contributed by atoms with Crippen LogP contribution in [-0.2, 0) is 19.6 Å². The average molecular weight is 309 g/mol. The largest absolute Gasteiger partial charge is 0.312 e. The predicted molar refractivity (Wildman–Crippen MR) is 90.4 cm³/mol. The second-order valence-electron chi connectivity index (χ2n) is 5.70. The van der Waals surface area contributed by atoms with Crippen LogP contribution in [0, 0.1) is 5.92 Å². The number of hydrogen-bond acceptors (Lipinski definition) is 4. The summed E-state index contributed by atoms with van der Waals surface area (Å²) < 4.78 is 0. The summed E-state index contributed by atoms with van der Waals surface area (Å²) in [5, 5.41) is 7.88. The molecule has 0 spiro atoms. The van der Waals surface area contributed by atoms with Crippen LogP contribution in [0.25, 0.3) is 0 Å². The minimum atomic E-state index is 0.714. The molecule has 4 heteroatoms. The van der Waals surface area contributed by atoms with Crippen LogP contribution in [0.2, 0.25) is 0 Å². The van der Waals surface area contributed by atoms with Gasteiger partial charge in [0.05, 0.1) is 0 Å². The Hall–Kier alpha value is -0.680. The van der Waals surface area contributed by atoms with Crippen molar-refractivity contribution in [3.63, 3.8) is 0 Å². The summed E-state index contributed by atoms with van der Waals surface area (Å²) in [5.74, 6) is 0.714. The SMILES string of the molecule is CC(C)CNCc1ccc(CN(C)Cc2ccsc2)s1. The molecule has 2 nitrogen and oxygen atoms in total. The number of thiophene rings is 2. The summed E-state index contributed by atoms with van der Waals surface area (Å²) in [5.41, 5.74) is 1.41. The van der Waals surface area contributed by atoms with Crippen LogP contribution in [0.15, 0.2) is 29.0 Å². The molecular weight excluding hydrogens is 284 g/mol. The highest BCUT2D eigenvalue weighted by atomic mass is 32.1. The van der Waals surface area contributed by atoms with E-state index in [0.29, 0.717) is 5.92 Å². The first-order chi connectivity index (χ1) is 9.63. The van der Waals surface area contributed by atoms with Crippen LogP contribution in [0.1, 0.15) is 29.2 Å². The van der Waals surface area contributed by atoms with Gasteiger partial charge in [0, 0.05) is 29.4 Å². The number of nitrogens with one attached hydrogen (secondary N) is 1. The summed E-state index contributed by atoms with van der Waals surface area (Å²) in [7, 11) is 2.19. The second kappa shape index (κ2) is 7.93. The Morgan fingerprint density at radius 1 is 1.15 bits per heavy atom. The predicted octanol–water partition coefficient (Wildman–Crippen LogP) is 4.19. The maximum absolute atomic E-state index is 3.50. The summed E-state index contributed by atoms with van der Waals surface area (Å²) in [4.78, 5) is 5.26. The van der Waals surface area contributed by atoms with Crippen molar-refractivity contribution in [2.45, 2.75) is 33.5 Å². The molecular formula is C16H24N2S2. The Balaban J connectivity index is 1.77. The van der Waals surface area contributed by atoms with Crippen molar-refractivity contribution in [1.82, 2.24) is 10.2 Å². The first-order valence-electron chi connectivity index (χ1n) is 7.11. The van der Waals surface area contributed by atoms with Crippen molar-refractivity contribution in [3.8, 4) is 0 Å². The van der Waals surface area contributed by atoms with Crippen LogP contribution in [0.4, 0.5) is 0 Å². The Morgan fingerprint density at radius 3 is 2.65 bits per heavy atom. The van der Waals surface area contributed by atoms with Gasteiger partial charge in [-0.3, -0.25) is 4.90 Å². The van der Waals surface area contributed by atoms with E-state index < -0.39 is 0 Å². The van der Waals surface area contributed by atoms with Crippen LogP contribution in [-0.4, -0.2) is 18.5 Å². The molecule has 2 aromatic heterocycles. The summed E-state index contributed by atoms with van der Waals surface area (Å²) >= 11 is 3.69. The molecule has 0 unspecified atom stereocenters. The summed E-state index contributed by atoms with van der Waals surface area (Å²) in [6.07, 6.45) is 0. The van der Waals surface area contributed by atoms with Crippen molar-refractivity contribution in [2.24, 2.45) is 5.92 Å². The zero-order chi connectivity index (χ0) is 14.4. The van der Waals surface area contributed by atoms with Gasteiger partial charge in [0.1, 0.15) is 0 Å². The molecule has 110 valence electrons. The molecule has 0 aromatic carbocycles. The lowest BCUT2D eigenvalue weighted by Crippen LogP contribution is -2.18. The lowest BCUT2D eigenvalue weighted by Gasteiger charge is -2.14. The first-order valence-corrected chi connectivity index (χ1v) is 8.87. The zero-order valence-corrected chi connectivity index (χ0v) is 14.2. The van der Waals surface area contributed by atoms with Gasteiger partial charge in [-0.05, 0) is 54.0 Å². The maximum Gasteiger partial charge on any atom is 0.0328 e. The van der Waals surface area contributed by atoms with Crippen molar-refractivity contribution in [3.05, 3.63) is 44.3 Å². The van der Waals surface area contributed by atoms with Gasteiger partial charge in [-0.1, -0.05) is 13.8 Å². The third kappa shape index (κ3) is 5.37. The van der Waals surface area contributed by atoms with E-state index in [1.807, 2.05) is 11.3 Å². The van der Waals surface area contributed by atoms with E-state index >= 15 is 0 Å². The third-order valence-electron chi connectivity index (χ3n) is 3.03. The van der Waals surface area contributed by atoms with E-state index in [1.165, 1.54) is 15.3 Å². The van der Waals surface area contributed by atoms with E-state index in [4.69, 9.17) is 0 Å². The minimum absolute atomic E-state index is 0.714. The second-order valence-corrected chi connectivity index (χ2v) is 7.73. The number of hydrogen-bond donors (Lipinski definition) is 1. The molecule has 0 atom stereocenters. The summed E-state index contributed by atoms with van der Waals surface area (Å²) in [6.45, 7) is 8.63. The van der Waals surface area contributed by atoms with Gasteiger partial charge in [0.15, 0.2) is 0 Å². The molecule has 0 saturated carbocycles. The molecule has 2 aromatic rings. The van der Waals surface area contributed by atoms with Gasteiger partial charge in [0.25, 0.3) is 0 Å². The molecule has 0 radical (unpaired) electrons. The Bertz CT molecular complexity index is 488. The van der Waals surface area contributed by atoms with E-state index in [2.05, 4.69) is 60.1 Å². The molecule has 20 heavy (non-hydrogen) atoms. The first kappa shape index (κ1) is 15.7. The molecule has 0 bridgehead atoms. The van der Waals surface area contributed by atoms with Gasteiger partial charge in [-0.25, -0.2) is 0 Å². The smallest absolute Gasteiger partial charge is 0.0328 e. The van der Waals surface area contributed by atoms with Gasteiger partial charge in [0.2, 0.25) is 0 Å². The number of nitrogens with zero attached hydrogens (tertiary/aromatic N) is 1. The topological polar surface area (TPSA) is 15.3 Å². The molecule has 2 rings (SSSR count). The van der Waals surface area contributed by atoms with Crippen LogP contribution in [0.3, 0.4) is 0 Å². The molecule has 1 N–H and O–H groups in total. The fourth-order valence-electron chi connectivity index (χ4n) is 2.10. The van der Waals surface area contributed by atoms with E-state index in [-0.39, 0.29) is 0 Å². The van der Waals surface area contributed by atoms with Crippen LogP contribution >= 0.6 is 22.7 Å². The average Bonchev–Trinajstić information content (AvgIpc) is 3.01. The fraction of sp³-hybridized carbons (Fsp3) is 0.500. The highest BCUT2D eigenvalue weighted by Gasteiger charge is 2.05. The van der Waals surface area contributed by atoms with E-state index in [1.54, 1.807) is 11.3 Å². The van der Waals surface area contributed by atoms with Crippen LogP contribution < -0.4 is 5.32 Å². The van der Waals surface area contributed by atoms with Gasteiger partial charge in [-0.15, -0.1) is 11.3 Å². The minimum Gasteiger partial charge on any atom is -0.312 e. The third-order valence-corrected chi connectivity index (χ3v) is 4.83. The molecule has 2 heterocycles. The molecule has 0 fully saturated rings. The van der Waals surface area contributed by atoms with Crippen molar-refractivity contribution in [2.75, 3.05) is 13.6 Å². The highest BCUT2D eigenvalue weighted by molar-refractivity contribution is 7.12. The van der Waals surface area contributed by atoms with Crippen LogP contribution in [0.5, 0.6) is 0 Å². The lowest BCUT2D eigenvalue weighted by molar-refractivity contribution is 0.322. The molecule has 0 amide bonds. The maximum atomic E-state index is 3.50. The normalized spacial score (nSPS) is 11.7. The summed E-state index contributed by atoms with van der Waals surface area (Å²) in [6, 6.07) is 6.73. The van der Waals surface area contributed by atoms with Crippen molar-refractivity contribution in [1.29, 1.82) is 0 Å². The standard InChI is InChI=1S/C16H24N2S2/c1-13(2)8-17-9-15-4-5-16(20-15)11-18(3)10-14-6-7-19-12-14/h4-7,12-13,17H,8-11H2,1-3H3. The zero-order valence-electron chi connectivity index (χ0n) is 12.6. The van der Waals surface area contributed by atoms with E-state index in [0.717, 1.165) is 26.2 Å². The monoisotopic (exact) mass is 308 g/mol. The Morgan fingerprint density at radius 2 is 1.95 bits per heavy atom. The molecule has 0 aliphatic rings. The fourth-order valence-corrected chi connectivity index (χ4v) is 3.83. The molecule has 0 aliphatic carbocycles. The molecule has 0 saturated heterocycles. The Labute approximate surface area is 130 Å². The molecule has 0 aliphatic heterocycles. The van der Waals surface area contributed by atoms with Gasteiger partial charge >= 0.3 is 0 Å². The highest BCUT2D eigenvalue weighted by Crippen LogP contribution is 2.19. The van der Waals surface area contributed by atoms with Gasteiger partial charge < -0.3 is 5.32 Å². The Kier molecular flexibility index (Phi) is 6.23. The lowest BCUT2D eigenvalue weighted by atomic mass is 10.2.